The number of carbonyl (C=O) groups is 1. The summed E-state index contributed by atoms with van der Waals surface area (Å²) in [4.78, 5) is 15.2. The minimum atomic E-state index is -0.0871. The number of nitrogens with zero attached hydrogens (tertiary/aromatic N) is 1. The molecule has 0 bridgehead atoms. The van der Waals surface area contributed by atoms with E-state index in [9.17, 15) is 4.79 Å². The number of hydrogen-bond acceptors (Lipinski definition) is 4. The average Bonchev–Trinajstić information content (AvgIpc) is 3.16. The Labute approximate surface area is 128 Å². The normalized spacial score (nSPS) is 10.5. The van der Waals surface area contributed by atoms with Gasteiger partial charge in [-0.2, -0.15) is 0 Å². The second-order valence-electron chi connectivity index (χ2n) is 4.59. The van der Waals surface area contributed by atoms with Crippen LogP contribution in [0.25, 0.3) is 0 Å². The van der Waals surface area contributed by atoms with Gasteiger partial charge in [0.1, 0.15) is 5.76 Å². The van der Waals surface area contributed by atoms with E-state index < -0.39 is 0 Å². The van der Waals surface area contributed by atoms with Crippen molar-refractivity contribution in [3.63, 3.8) is 0 Å². The molecule has 0 saturated carbocycles. The van der Waals surface area contributed by atoms with Crippen molar-refractivity contribution in [2.75, 3.05) is 20.3 Å². The molecule has 2 rings (SSSR count). The van der Waals surface area contributed by atoms with E-state index in [4.69, 9.17) is 9.15 Å². The summed E-state index contributed by atoms with van der Waals surface area (Å²) in [5.74, 6) is 0.776. The second kappa shape index (κ2) is 8.49. The molecule has 0 aromatic carbocycles. The zero-order chi connectivity index (χ0) is 14.9. The lowest BCUT2D eigenvalue weighted by molar-refractivity contribution is 0.179. The fraction of sp³-hybridized carbons (Fsp3) is 0.400. The summed E-state index contributed by atoms with van der Waals surface area (Å²) >= 11 is 1.64. The molecule has 21 heavy (non-hydrogen) atoms. The van der Waals surface area contributed by atoms with Gasteiger partial charge in [-0.25, -0.2) is 4.79 Å². The van der Waals surface area contributed by atoms with Crippen LogP contribution < -0.4 is 5.32 Å². The van der Waals surface area contributed by atoms with Gasteiger partial charge < -0.3 is 19.4 Å². The Morgan fingerprint density at radius 2 is 2.29 bits per heavy atom. The first kappa shape index (κ1) is 15.6. The summed E-state index contributed by atoms with van der Waals surface area (Å²) in [6.07, 6.45) is 2.42. The van der Waals surface area contributed by atoms with E-state index in [0.717, 1.165) is 17.1 Å². The van der Waals surface area contributed by atoms with Gasteiger partial charge in [-0.1, -0.05) is 6.07 Å². The van der Waals surface area contributed by atoms with Gasteiger partial charge in [-0.15, -0.1) is 11.3 Å². The maximum Gasteiger partial charge on any atom is 0.318 e. The van der Waals surface area contributed by atoms with Crippen molar-refractivity contribution in [1.82, 2.24) is 10.2 Å². The molecule has 2 amide bonds. The first-order valence-electron chi connectivity index (χ1n) is 6.86. The van der Waals surface area contributed by atoms with Crippen molar-refractivity contribution in [2.45, 2.75) is 19.5 Å². The molecule has 0 aliphatic heterocycles. The van der Waals surface area contributed by atoms with Gasteiger partial charge >= 0.3 is 6.03 Å². The molecule has 2 aromatic heterocycles. The molecule has 0 saturated heterocycles. The van der Waals surface area contributed by atoms with Gasteiger partial charge in [0, 0.05) is 25.1 Å². The summed E-state index contributed by atoms with van der Waals surface area (Å²) in [6.45, 7) is 2.28. The van der Waals surface area contributed by atoms with Gasteiger partial charge in [0.15, 0.2) is 0 Å². The van der Waals surface area contributed by atoms with Crippen LogP contribution in [0.4, 0.5) is 4.79 Å². The van der Waals surface area contributed by atoms with Gasteiger partial charge in [0.2, 0.25) is 0 Å². The highest BCUT2D eigenvalue weighted by Crippen LogP contribution is 2.14. The van der Waals surface area contributed by atoms with Crippen LogP contribution in [0, 0.1) is 0 Å². The fourth-order valence-electron chi connectivity index (χ4n) is 1.90. The zero-order valence-electron chi connectivity index (χ0n) is 12.1. The highest BCUT2D eigenvalue weighted by Gasteiger charge is 2.15. The molecule has 2 aromatic rings. The molecule has 0 aliphatic rings. The van der Waals surface area contributed by atoms with Gasteiger partial charge in [-0.3, -0.25) is 0 Å². The maximum absolute atomic E-state index is 12.3. The number of ether oxygens (including phenoxy) is 1. The van der Waals surface area contributed by atoms with Crippen LogP contribution in [-0.4, -0.2) is 31.2 Å². The molecule has 1 N–H and O–H groups in total. The second-order valence-corrected chi connectivity index (χ2v) is 5.63. The quantitative estimate of drug-likeness (QED) is 0.762. The summed E-state index contributed by atoms with van der Waals surface area (Å²) in [5, 5.41) is 4.92. The molecule has 6 heteroatoms. The number of rotatable bonds is 8. The topological polar surface area (TPSA) is 54.7 Å². The number of urea groups is 1. The summed E-state index contributed by atoms with van der Waals surface area (Å²) in [7, 11) is 1.65. The highest BCUT2D eigenvalue weighted by atomic mass is 32.1. The summed E-state index contributed by atoms with van der Waals surface area (Å²) < 4.78 is 10.3. The third-order valence-electron chi connectivity index (χ3n) is 2.94. The predicted octanol–water partition coefficient (Wildman–Crippen LogP) is 3.09. The van der Waals surface area contributed by atoms with Gasteiger partial charge in [0.05, 0.1) is 19.4 Å². The molecule has 0 fully saturated rings. The highest BCUT2D eigenvalue weighted by molar-refractivity contribution is 7.09. The summed E-state index contributed by atoms with van der Waals surface area (Å²) in [5.41, 5.74) is 0. The Kier molecular flexibility index (Phi) is 6.30. The predicted molar refractivity (Wildman–Crippen MR) is 82.2 cm³/mol. The van der Waals surface area contributed by atoms with E-state index in [1.807, 2.05) is 29.6 Å². The Morgan fingerprint density at radius 1 is 1.38 bits per heavy atom. The minimum Gasteiger partial charge on any atom is -0.467 e. The Bertz CT molecular complexity index is 475. The largest absolute Gasteiger partial charge is 0.467 e. The lowest BCUT2D eigenvalue weighted by Crippen LogP contribution is -2.39. The molecule has 5 nitrogen and oxygen atoms in total. The molecule has 2 heterocycles. The van der Waals surface area contributed by atoms with Crippen molar-refractivity contribution in [3.05, 3.63) is 46.5 Å². The van der Waals surface area contributed by atoms with Crippen molar-refractivity contribution < 1.29 is 13.9 Å². The van der Waals surface area contributed by atoms with E-state index in [1.165, 1.54) is 0 Å². The molecule has 0 aliphatic carbocycles. The smallest absolute Gasteiger partial charge is 0.318 e. The molecular formula is C15H20N2O3S. The SMILES string of the molecule is COCCCNC(=O)N(Cc1ccco1)Cc1cccs1. The molecular weight excluding hydrogens is 288 g/mol. The van der Waals surface area contributed by atoms with Crippen molar-refractivity contribution in [3.8, 4) is 0 Å². The van der Waals surface area contributed by atoms with Crippen LogP contribution in [0.3, 0.4) is 0 Å². The number of nitrogens with one attached hydrogen (secondary N) is 1. The number of methoxy groups -OCH3 is 1. The fourth-order valence-corrected chi connectivity index (χ4v) is 2.62. The lowest BCUT2D eigenvalue weighted by atomic mass is 10.3. The van der Waals surface area contributed by atoms with Crippen LogP contribution in [0.1, 0.15) is 17.1 Å². The Morgan fingerprint density at radius 3 is 2.95 bits per heavy atom. The monoisotopic (exact) mass is 308 g/mol. The minimum absolute atomic E-state index is 0.0871. The number of thiophene rings is 1. The van der Waals surface area contributed by atoms with Crippen LogP contribution in [0.15, 0.2) is 40.3 Å². The van der Waals surface area contributed by atoms with E-state index >= 15 is 0 Å². The first-order valence-corrected chi connectivity index (χ1v) is 7.74. The van der Waals surface area contributed by atoms with Crippen molar-refractivity contribution in [1.29, 1.82) is 0 Å². The van der Waals surface area contributed by atoms with Crippen molar-refractivity contribution >= 4 is 17.4 Å². The molecule has 114 valence electrons. The molecule has 0 spiro atoms. The van der Waals surface area contributed by atoms with E-state index in [0.29, 0.717) is 26.2 Å². The van der Waals surface area contributed by atoms with Crippen LogP contribution in [-0.2, 0) is 17.8 Å². The number of furan rings is 1. The van der Waals surface area contributed by atoms with Gasteiger partial charge in [-0.05, 0) is 30.0 Å². The van der Waals surface area contributed by atoms with E-state index in [-0.39, 0.29) is 6.03 Å². The standard InChI is InChI=1S/C15H20N2O3S/c1-19-8-4-7-16-15(18)17(11-13-5-2-9-20-13)12-14-6-3-10-21-14/h2-3,5-6,9-10H,4,7-8,11-12H2,1H3,(H,16,18). The molecule has 0 unspecified atom stereocenters. The first-order chi connectivity index (χ1) is 10.3. The van der Waals surface area contributed by atoms with Gasteiger partial charge in [0.25, 0.3) is 0 Å². The Hall–Kier alpha value is -1.79. The molecule has 0 atom stereocenters. The van der Waals surface area contributed by atoms with Crippen molar-refractivity contribution in [2.24, 2.45) is 0 Å². The Balaban J connectivity index is 1.92. The lowest BCUT2D eigenvalue weighted by Gasteiger charge is -2.21. The molecule has 0 radical (unpaired) electrons. The average molecular weight is 308 g/mol. The van der Waals surface area contributed by atoms with Crippen LogP contribution in [0.2, 0.25) is 0 Å². The third kappa shape index (κ3) is 5.24. The van der Waals surface area contributed by atoms with E-state index in [2.05, 4.69) is 5.32 Å². The number of hydrogen-bond donors (Lipinski definition) is 1. The third-order valence-corrected chi connectivity index (χ3v) is 3.80. The summed E-state index contributed by atoms with van der Waals surface area (Å²) in [6, 6.07) is 7.63. The number of carbonyl (C=O) groups excluding carboxylic acids is 1. The van der Waals surface area contributed by atoms with E-state index in [1.54, 1.807) is 29.6 Å². The zero-order valence-corrected chi connectivity index (χ0v) is 12.9. The van der Waals surface area contributed by atoms with Crippen LogP contribution in [0.5, 0.6) is 0 Å². The number of amides is 2. The maximum atomic E-state index is 12.3. The van der Waals surface area contributed by atoms with Crippen LogP contribution >= 0.6 is 11.3 Å².